The summed E-state index contributed by atoms with van der Waals surface area (Å²) in [5.74, 6) is -0.872. The SMILES string of the molecule is CC/C=C\C/C=C\C/C=C\C/C=C\CCCCCCCCCCCCCCC(=O)OCC(COC(=O)CCCCCCC)OC(=O)CCCCCCCCCCCCCCCCCCCC. The summed E-state index contributed by atoms with van der Waals surface area (Å²) in [6.45, 7) is 6.48. The molecule has 0 heterocycles. The van der Waals surface area contributed by atoms with E-state index < -0.39 is 6.10 Å². The third-order valence-electron chi connectivity index (χ3n) is 12.6. The van der Waals surface area contributed by atoms with Crippen molar-refractivity contribution >= 4 is 17.9 Å². The second-order valence-corrected chi connectivity index (χ2v) is 19.2. The van der Waals surface area contributed by atoms with Gasteiger partial charge in [-0.3, -0.25) is 14.4 Å². The smallest absolute Gasteiger partial charge is 0.306 e. The molecule has 0 fully saturated rings. The maximum Gasteiger partial charge on any atom is 0.306 e. The van der Waals surface area contributed by atoms with Gasteiger partial charge in [-0.1, -0.05) is 268 Å². The lowest BCUT2D eigenvalue weighted by atomic mass is 10.0. The summed E-state index contributed by atoms with van der Waals surface area (Å²) in [7, 11) is 0. The Morgan fingerprint density at radius 1 is 0.318 bits per heavy atom. The molecule has 0 saturated heterocycles. The lowest BCUT2D eigenvalue weighted by Gasteiger charge is -2.18. The van der Waals surface area contributed by atoms with Gasteiger partial charge < -0.3 is 14.2 Å². The van der Waals surface area contributed by atoms with E-state index in [-0.39, 0.29) is 31.1 Å². The van der Waals surface area contributed by atoms with Gasteiger partial charge in [0.15, 0.2) is 6.10 Å². The van der Waals surface area contributed by atoms with Crippen LogP contribution in [0.25, 0.3) is 0 Å². The van der Waals surface area contributed by atoms with Gasteiger partial charge in [-0.15, -0.1) is 0 Å². The highest BCUT2D eigenvalue weighted by molar-refractivity contribution is 5.71. The Balaban J connectivity index is 4.05. The van der Waals surface area contributed by atoms with Crippen LogP contribution in [-0.2, 0) is 28.6 Å². The second kappa shape index (κ2) is 55.0. The lowest BCUT2D eigenvalue weighted by Crippen LogP contribution is -2.30. The zero-order valence-corrected chi connectivity index (χ0v) is 44.0. The molecule has 0 aromatic carbocycles. The number of hydrogen-bond donors (Lipinski definition) is 0. The van der Waals surface area contributed by atoms with Crippen LogP contribution in [0.15, 0.2) is 48.6 Å². The standard InChI is InChI=1S/C60H108O6/c1-4-7-10-13-15-17-19-21-23-25-27-28-29-30-31-32-33-35-36-38-40-42-44-47-50-53-59(62)65-56-57(55-64-58(61)52-49-46-12-9-6-3)66-60(63)54-51-48-45-43-41-39-37-34-26-24-22-20-18-16-14-11-8-5-2/h7,10,15,17,21,23,27-28,57H,4-6,8-9,11-14,16,18-20,22,24-26,29-56H2,1-3H3/b10-7-,17-15-,23-21-,28-27-. The van der Waals surface area contributed by atoms with E-state index in [1.807, 2.05) is 0 Å². The van der Waals surface area contributed by atoms with E-state index >= 15 is 0 Å². The zero-order valence-electron chi connectivity index (χ0n) is 44.0. The number of ether oxygens (including phenoxy) is 3. The van der Waals surface area contributed by atoms with Crippen LogP contribution in [0.3, 0.4) is 0 Å². The summed E-state index contributed by atoms with van der Waals surface area (Å²) in [6, 6.07) is 0. The van der Waals surface area contributed by atoms with Gasteiger partial charge in [0, 0.05) is 19.3 Å². The average Bonchev–Trinajstić information content (AvgIpc) is 3.31. The molecule has 0 aromatic rings. The number of rotatable bonds is 52. The molecule has 0 rings (SSSR count). The second-order valence-electron chi connectivity index (χ2n) is 19.2. The van der Waals surface area contributed by atoms with Gasteiger partial charge in [0.25, 0.3) is 0 Å². The molecule has 6 nitrogen and oxygen atoms in total. The van der Waals surface area contributed by atoms with Crippen molar-refractivity contribution in [2.45, 2.75) is 303 Å². The van der Waals surface area contributed by atoms with E-state index in [1.165, 1.54) is 167 Å². The summed E-state index contributed by atoms with van der Waals surface area (Å²) >= 11 is 0. The van der Waals surface area contributed by atoms with Crippen LogP contribution in [0, 0.1) is 0 Å². The quantitative estimate of drug-likeness (QED) is 0.0262. The molecule has 6 heteroatoms. The normalized spacial score (nSPS) is 12.3. The summed E-state index contributed by atoms with van der Waals surface area (Å²) in [6.07, 6.45) is 67.2. The molecule has 0 aliphatic rings. The third-order valence-corrected chi connectivity index (χ3v) is 12.6. The Morgan fingerprint density at radius 3 is 0.924 bits per heavy atom. The monoisotopic (exact) mass is 925 g/mol. The van der Waals surface area contributed by atoms with Crippen molar-refractivity contribution in [3.05, 3.63) is 48.6 Å². The van der Waals surface area contributed by atoms with Gasteiger partial charge in [-0.25, -0.2) is 0 Å². The largest absolute Gasteiger partial charge is 0.462 e. The molecule has 1 unspecified atom stereocenters. The number of carbonyl (C=O) groups excluding carboxylic acids is 3. The number of unbranched alkanes of at least 4 members (excludes halogenated alkanes) is 33. The van der Waals surface area contributed by atoms with E-state index in [4.69, 9.17) is 14.2 Å². The van der Waals surface area contributed by atoms with Gasteiger partial charge in [0.05, 0.1) is 0 Å². The third kappa shape index (κ3) is 52.3. The molecule has 0 saturated carbocycles. The zero-order chi connectivity index (χ0) is 47.9. The van der Waals surface area contributed by atoms with Crippen molar-refractivity contribution in [3.8, 4) is 0 Å². The van der Waals surface area contributed by atoms with Crippen LogP contribution >= 0.6 is 0 Å². The van der Waals surface area contributed by atoms with Gasteiger partial charge in [0.1, 0.15) is 13.2 Å². The van der Waals surface area contributed by atoms with Crippen molar-refractivity contribution in [1.29, 1.82) is 0 Å². The number of hydrogen-bond acceptors (Lipinski definition) is 6. The summed E-state index contributed by atoms with van der Waals surface area (Å²) in [4.78, 5) is 37.8. The Bertz CT molecular complexity index is 1150. The predicted molar refractivity (Wildman–Crippen MR) is 284 cm³/mol. The number of allylic oxidation sites excluding steroid dienone is 8. The molecule has 0 radical (unpaired) electrons. The molecule has 0 N–H and O–H groups in total. The molecule has 0 bridgehead atoms. The van der Waals surface area contributed by atoms with E-state index in [0.717, 1.165) is 89.9 Å². The molecule has 0 aliphatic carbocycles. The number of carbonyl (C=O) groups is 3. The van der Waals surface area contributed by atoms with Crippen molar-refractivity contribution in [2.75, 3.05) is 13.2 Å². The predicted octanol–water partition coefficient (Wildman–Crippen LogP) is 19.0. The Kier molecular flexibility index (Phi) is 52.8. The number of esters is 3. The minimum absolute atomic E-state index is 0.0707. The molecular formula is C60H108O6. The first-order valence-electron chi connectivity index (χ1n) is 28.6. The van der Waals surface area contributed by atoms with E-state index in [9.17, 15) is 14.4 Å². The maximum atomic E-state index is 12.8. The van der Waals surface area contributed by atoms with Crippen molar-refractivity contribution in [2.24, 2.45) is 0 Å². The molecule has 1 atom stereocenters. The van der Waals surface area contributed by atoms with E-state index in [2.05, 4.69) is 69.4 Å². The first-order chi connectivity index (χ1) is 32.5. The molecule has 66 heavy (non-hydrogen) atoms. The molecular weight excluding hydrogens is 817 g/mol. The maximum absolute atomic E-state index is 12.8. The van der Waals surface area contributed by atoms with Crippen molar-refractivity contribution in [1.82, 2.24) is 0 Å². The van der Waals surface area contributed by atoms with Crippen molar-refractivity contribution in [3.63, 3.8) is 0 Å². The van der Waals surface area contributed by atoms with Gasteiger partial charge in [-0.05, 0) is 57.8 Å². The first-order valence-corrected chi connectivity index (χ1v) is 28.6. The van der Waals surface area contributed by atoms with Crippen LogP contribution in [0.4, 0.5) is 0 Å². The highest BCUT2D eigenvalue weighted by Crippen LogP contribution is 2.17. The Labute approximate surface area is 409 Å². The minimum Gasteiger partial charge on any atom is -0.462 e. The van der Waals surface area contributed by atoms with Gasteiger partial charge in [0.2, 0.25) is 0 Å². The lowest BCUT2D eigenvalue weighted by molar-refractivity contribution is -0.167. The highest BCUT2D eigenvalue weighted by Gasteiger charge is 2.19. The summed E-state index contributed by atoms with van der Waals surface area (Å²) in [5, 5.41) is 0. The van der Waals surface area contributed by atoms with Crippen LogP contribution in [0.2, 0.25) is 0 Å². The molecule has 0 aromatic heterocycles. The van der Waals surface area contributed by atoms with Crippen molar-refractivity contribution < 1.29 is 28.6 Å². The molecule has 0 amide bonds. The topological polar surface area (TPSA) is 78.9 Å². The van der Waals surface area contributed by atoms with Crippen LogP contribution < -0.4 is 0 Å². The van der Waals surface area contributed by atoms with Crippen LogP contribution in [-0.4, -0.2) is 37.2 Å². The minimum atomic E-state index is -0.767. The molecule has 384 valence electrons. The first kappa shape index (κ1) is 63.4. The van der Waals surface area contributed by atoms with Crippen LogP contribution in [0.5, 0.6) is 0 Å². The summed E-state index contributed by atoms with van der Waals surface area (Å²) in [5.41, 5.74) is 0. The van der Waals surface area contributed by atoms with Gasteiger partial charge in [-0.2, -0.15) is 0 Å². The van der Waals surface area contributed by atoms with E-state index in [1.54, 1.807) is 0 Å². The fourth-order valence-electron chi connectivity index (χ4n) is 8.32. The fourth-order valence-corrected chi connectivity index (χ4v) is 8.32. The van der Waals surface area contributed by atoms with E-state index in [0.29, 0.717) is 19.3 Å². The van der Waals surface area contributed by atoms with Crippen LogP contribution in [0.1, 0.15) is 297 Å². The molecule has 0 aliphatic heterocycles. The highest BCUT2D eigenvalue weighted by atomic mass is 16.6. The van der Waals surface area contributed by atoms with Gasteiger partial charge >= 0.3 is 17.9 Å². The molecule has 0 spiro atoms. The Morgan fingerprint density at radius 2 is 0.591 bits per heavy atom. The average molecular weight is 926 g/mol. The Hall–Kier alpha value is -2.63. The fraction of sp³-hybridized carbons (Fsp3) is 0.817. The summed E-state index contributed by atoms with van der Waals surface area (Å²) < 4.78 is 16.7.